The summed E-state index contributed by atoms with van der Waals surface area (Å²) in [6.07, 6.45) is 3.45. The quantitative estimate of drug-likeness (QED) is 0.754. The first-order valence-corrected chi connectivity index (χ1v) is 4.58. The maximum atomic E-state index is 11.3. The highest BCUT2D eigenvalue weighted by Gasteiger charge is 2.15. The van der Waals surface area contributed by atoms with Crippen molar-refractivity contribution in [2.75, 3.05) is 11.4 Å². The highest BCUT2D eigenvalue weighted by molar-refractivity contribution is 6.04. The maximum Gasteiger partial charge on any atom is 0.251 e. The minimum absolute atomic E-state index is 0.0468. The van der Waals surface area contributed by atoms with Crippen LogP contribution in [0.4, 0.5) is 5.69 Å². The number of carbonyl (C=O) groups is 1. The Hall–Kier alpha value is -1.61. The van der Waals surface area contributed by atoms with Crippen LogP contribution in [0.15, 0.2) is 36.4 Å². The highest BCUT2D eigenvalue weighted by atomic mass is 16.2. The SMILES string of the molecule is NCc1ccc(N2CC=CC2=O)cc1. The first kappa shape index (κ1) is 8.97. The highest BCUT2D eigenvalue weighted by Crippen LogP contribution is 2.18. The van der Waals surface area contributed by atoms with E-state index in [-0.39, 0.29) is 5.91 Å². The predicted molar refractivity (Wildman–Crippen MR) is 55.8 cm³/mol. The number of nitrogens with two attached hydrogens (primary N) is 1. The van der Waals surface area contributed by atoms with Gasteiger partial charge in [-0.15, -0.1) is 0 Å². The largest absolute Gasteiger partial charge is 0.326 e. The van der Waals surface area contributed by atoms with Gasteiger partial charge in [0.15, 0.2) is 0 Å². The summed E-state index contributed by atoms with van der Waals surface area (Å²) in [5.41, 5.74) is 7.49. The van der Waals surface area contributed by atoms with Gasteiger partial charge in [-0.2, -0.15) is 0 Å². The van der Waals surface area contributed by atoms with Crippen molar-refractivity contribution in [3.05, 3.63) is 42.0 Å². The number of rotatable bonds is 2. The zero-order valence-electron chi connectivity index (χ0n) is 7.81. The molecule has 1 aliphatic heterocycles. The third-order valence-electron chi connectivity index (χ3n) is 2.30. The Morgan fingerprint density at radius 1 is 1.29 bits per heavy atom. The third-order valence-corrected chi connectivity index (χ3v) is 2.30. The van der Waals surface area contributed by atoms with E-state index in [0.717, 1.165) is 11.3 Å². The van der Waals surface area contributed by atoms with Crippen LogP contribution in [0.25, 0.3) is 0 Å². The summed E-state index contributed by atoms with van der Waals surface area (Å²) in [6.45, 7) is 1.20. The van der Waals surface area contributed by atoms with E-state index in [1.807, 2.05) is 30.3 Å². The molecule has 0 saturated carbocycles. The van der Waals surface area contributed by atoms with Crippen molar-refractivity contribution in [3.63, 3.8) is 0 Å². The van der Waals surface area contributed by atoms with Crippen LogP contribution >= 0.6 is 0 Å². The fourth-order valence-electron chi connectivity index (χ4n) is 1.48. The van der Waals surface area contributed by atoms with Crippen molar-refractivity contribution in [3.8, 4) is 0 Å². The second-order valence-corrected chi connectivity index (χ2v) is 3.22. The molecule has 72 valence electrons. The smallest absolute Gasteiger partial charge is 0.251 e. The Morgan fingerprint density at radius 3 is 2.50 bits per heavy atom. The van der Waals surface area contributed by atoms with Gasteiger partial charge in [-0.3, -0.25) is 4.79 Å². The third kappa shape index (κ3) is 1.54. The van der Waals surface area contributed by atoms with Gasteiger partial charge in [-0.05, 0) is 17.7 Å². The number of nitrogens with zero attached hydrogens (tertiary/aromatic N) is 1. The second kappa shape index (κ2) is 3.64. The van der Waals surface area contributed by atoms with Crippen LogP contribution in [0.5, 0.6) is 0 Å². The topological polar surface area (TPSA) is 46.3 Å². The molecule has 0 spiro atoms. The number of hydrogen-bond acceptors (Lipinski definition) is 2. The molecule has 0 atom stereocenters. The molecule has 1 amide bonds. The zero-order chi connectivity index (χ0) is 9.97. The van der Waals surface area contributed by atoms with E-state index in [2.05, 4.69) is 0 Å². The minimum atomic E-state index is 0.0468. The molecule has 0 fully saturated rings. The average molecular weight is 188 g/mol. The van der Waals surface area contributed by atoms with Crippen molar-refractivity contribution < 1.29 is 4.79 Å². The van der Waals surface area contributed by atoms with Crippen molar-refractivity contribution in [1.82, 2.24) is 0 Å². The molecule has 14 heavy (non-hydrogen) atoms. The number of benzene rings is 1. The zero-order valence-corrected chi connectivity index (χ0v) is 7.81. The molecule has 0 saturated heterocycles. The van der Waals surface area contributed by atoms with Crippen molar-refractivity contribution in [2.24, 2.45) is 5.73 Å². The van der Waals surface area contributed by atoms with Gasteiger partial charge in [0.05, 0.1) is 0 Å². The van der Waals surface area contributed by atoms with Crippen LogP contribution in [0.3, 0.4) is 0 Å². The van der Waals surface area contributed by atoms with Crippen LogP contribution in [0, 0.1) is 0 Å². The second-order valence-electron chi connectivity index (χ2n) is 3.22. The van der Waals surface area contributed by atoms with Crippen LogP contribution in [0.2, 0.25) is 0 Å². The molecule has 0 aromatic heterocycles. The van der Waals surface area contributed by atoms with Gasteiger partial charge >= 0.3 is 0 Å². The molecule has 1 heterocycles. The van der Waals surface area contributed by atoms with Gasteiger partial charge in [-0.1, -0.05) is 18.2 Å². The molecule has 3 nitrogen and oxygen atoms in total. The molecule has 0 bridgehead atoms. The number of amides is 1. The summed E-state index contributed by atoms with van der Waals surface area (Å²) < 4.78 is 0. The molecule has 1 aromatic carbocycles. The van der Waals surface area contributed by atoms with E-state index in [1.165, 1.54) is 0 Å². The molecule has 3 heteroatoms. The van der Waals surface area contributed by atoms with Crippen LogP contribution in [-0.2, 0) is 11.3 Å². The maximum absolute atomic E-state index is 11.3. The van der Waals surface area contributed by atoms with Gasteiger partial charge < -0.3 is 10.6 Å². The average Bonchev–Trinajstić information content (AvgIpc) is 2.65. The molecule has 1 aliphatic rings. The van der Waals surface area contributed by atoms with Crippen LogP contribution in [0.1, 0.15) is 5.56 Å². The minimum Gasteiger partial charge on any atom is -0.326 e. The molecular formula is C11H12N2O. The Balaban J connectivity index is 2.21. The molecule has 2 rings (SSSR count). The van der Waals surface area contributed by atoms with Gasteiger partial charge in [0.2, 0.25) is 0 Å². The summed E-state index contributed by atoms with van der Waals surface area (Å²) in [4.78, 5) is 13.1. The molecule has 1 aromatic rings. The Kier molecular flexibility index (Phi) is 2.33. The summed E-state index contributed by atoms with van der Waals surface area (Å²) >= 11 is 0. The van der Waals surface area contributed by atoms with Crippen LogP contribution < -0.4 is 10.6 Å². The standard InChI is InChI=1S/C11H12N2O/c12-8-9-3-5-10(6-4-9)13-7-1-2-11(13)14/h1-6H,7-8,12H2. The van der Waals surface area contributed by atoms with Crippen molar-refractivity contribution in [2.45, 2.75) is 6.54 Å². The first-order chi connectivity index (χ1) is 6.81. The van der Waals surface area contributed by atoms with E-state index in [4.69, 9.17) is 5.73 Å². The summed E-state index contributed by atoms with van der Waals surface area (Å²) in [5, 5.41) is 0. The first-order valence-electron chi connectivity index (χ1n) is 4.58. The predicted octanol–water partition coefficient (Wildman–Crippen LogP) is 1.05. The lowest BCUT2D eigenvalue weighted by Gasteiger charge is -2.15. The normalized spacial score (nSPS) is 15.2. The van der Waals surface area contributed by atoms with E-state index in [1.54, 1.807) is 11.0 Å². The number of hydrogen-bond donors (Lipinski definition) is 1. The number of anilines is 1. The van der Waals surface area contributed by atoms with Crippen LogP contribution in [-0.4, -0.2) is 12.5 Å². The lowest BCUT2D eigenvalue weighted by Crippen LogP contribution is -2.24. The van der Waals surface area contributed by atoms with Gasteiger partial charge in [0, 0.05) is 24.9 Å². The summed E-state index contributed by atoms with van der Waals surface area (Å²) in [5.74, 6) is 0.0468. The summed E-state index contributed by atoms with van der Waals surface area (Å²) in [7, 11) is 0. The van der Waals surface area contributed by atoms with Crippen molar-refractivity contribution >= 4 is 11.6 Å². The molecule has 2 N–H and O–H groups in total. The van der Waals surface area contributed by atoms with Gasteiger partial charge in [0.1, 0.15) is 0 Å². The fourth-order valence-corrected chi connectivity index (χ4v) is 1.48. The summed E-state index contributed by atoms with van der Waals surface area (Å²) in [6, 6.07) is 7.74. The number of carbonyl (C=O) groups excluding carboxylic acids is 1. The van der Waals surface area contributed by atoms with E-state index in [9.17, 15) is 4.79 Å². The Labute approximate surface area is 82.8 Å². The van der Waals surface area contributed by atoms with E-state index >= 15 is 0 Å². The molecule has 0 unspecified atom stereocenters. The Bertz CT molecular complexity index is 367. The van der Waals surface area contributed by atoms with Gasteiger partial charge in [-0.25, -0.2) is 0 Å². The molecular weight excluding hydrogens is 176 g/mol. The van der Waals surface area contributed by atoms with Crippen molar-refractivity contribution in [1.29, 1.82) is 0 Å². The molecule has 0 radical (unpaired) electrons. The molecule has 0 aliphatic carbocycles. The van der Waals surface area contributed by atoms with Gasteiger partial charge in [0.25, 0.3) is 5.91 Å². The van der Waals surface area contributed by atoms with E-state index in [0.29, 0.717) is 13.1 Å². The fraction of sp³-hybridized carbons (Fsp3) is 0.182. The monoisotopic (exact) mass is 188 g/mol. The van der Waals surface area contributed by atoms with E-state index < -0.39 is 0 Å². The lowest BCUT2D eigenvalue weighted by atomic mass is 10.2. The Morgan fingerprint density at radius 2 is 2.00 bits per heavy atom. The lowest BCUT2D eigenvalue weighted by molar-refractivity contribution is -0.113.